The van der Waals surface area contributed by atoms with Crippen LogP contribution in [0.1, 0.15) is 24.8 Å². The second-order valence-corrected chi connectivity index (χ2v) is 7.99. The number of benzene rings is 1. The van der Waals surface area contributed by atoms with E-state index in [0.29, 0.717) is 6.54 Å². The average molecular weight is 393 g/mol. The number of rotatable bonds is 4. The van der Waals surface area contributed by atoms with Gasteiger partial charge in [-0.3, -0.25) is 0 Å². The molecular weight excluding hydrogens is 360 g/mol. The lowest BCUT2D eigenvalue weighted by Crippen LogP contribution is -2.44. The summed E-state index contributed by atoms with van der Waals surface area (Å²) in [6, 6.07) is 14.6. The lowest BCUT2D eigenvalue weighted by atomic mass is 10.1. The van der Waals surface area contributed by atoms with E-state index in [1.165, 1.54) is 19.3 Å². The molecule has 6 nitrogen and oxygen atoms in total. The Morgan fingerprint density at radius 3 is 2.38 bits per heavy atom. The van der Waals surface area contributed by atoms with E-state index in [9.17, 15) is 0 Å². The predicted molar refractivity (Wildman–Crippen MR) is 121 cm³/mol. The molecule has 1 N–H and O–H groups in total. The van der Waals surface area contributed by atoms with Crippen molar-refractivity contribution in [2.75, 3.05) is 56.5 Å². The van der Waals surface area contributed by atoms with Gasteiger partial charge in [-0.15, -0.1) is 0 Å². The quantitative estimate of drug-likeness (QED) is 0.639. The Hall–Kier alpha value is -2.60. The van der Waals surface area contributed by atoms with Crippen molar-refractivity contribution >= 4 is 17.5 Å². The maximum Gasteiger partial charge on any atom is 0.198 e. The zero-order chi connectivity index (χ0) is 19.9. The Bertz CT molecular complexity index is 775. The Morgan fingerprint density at radius 1 is 0.931 bits per heavy atom. The summed E-state index contributed by atoms with van der Waals surface area (Å²) in [4.78, 5) is 16.7. The zero-order valence-electron chi connectivity index (χ0n) is 17.4. The van der Waals surface area contributed by atoms with Gasteiger partial charge in [0.2, 0.25) is 0 Å². The van der Waals surface area contributed by atoms with Gasteiger partial charge in [0, 0.05) is 51.2 Å². The second-order valence-electron chi connectivity index (χ2n) is 7.99. The van der Waals surface area contributed by atoms with Crippen molar-refractivity contribution in [3.63, 3.8) is 0 Å². The van der Waals surface area contributed by atoms with Crippen molar-refractivity contribution in [2.24, 2.45) is 4.99 Å². The molecule has 29 heavy (non-hydrogen) atoms. The fraction of sp³-hybridized carbons (Fsp3) is 0.478. The summed E-state index contributed by atoms with van der Waals surface area (Å²) < 4.78 is 0. The first-order valence-electron chi connectivity index (χ1n) is 10.8. The third-order valence-corrected chi connectivity index (χ3v) is 5.73. The van der Waals surface area contributed by atoms with E-state index < -0.39 is 0 Å². The Balaban J connectivity index is 1.43. The number of guanidine groups is 1. The normalized spacial score (nSPS) is 18.7. The van der Waals surface area contributed by atoms with Crippen LogP contribution in [0.15, 0.2) is 53.7 Å². The molecule has 2 fully saturated rings. The van der Waals surface area contributed by atoms with Gasteiger partial charge < -0.3 is 20.0 Å². The number of pyridine rings is 1. The van der Waals surface area contributed by atoms with Crippen molar-refractivity contribution in [3.05, 3.63) is 54.2 Å². The first-order chi connectivity index (χ1) is 14.3. The minimum absolute atomic E-state index is 0.641. The first-order valence-corrected chi connectivity index (χ1v) is 10.8. The molecule has 0 spiro atoms. The Morgan fingerprint density at radius 2 is 1.69 bits per heavy atom. The summed E-state index contributed by atoms with van der Waals surface area (Å²) >= 11 is 0. The van der Waals surface area contributed by atoms with Gasteiger partial charge in [-0.25, -0.2) is 9.98 Å². The second kappa shape index (κ2) is 9.74. The highest BCUT2D eigenvalue weighted by Crippen LogP contribution is 2.16. The number of nitrogens with zero attached hydrogens (tertiary/aromatic N) is 5. The summed E-state index contributed by atoms with van der Waals surface area (Å²) in [7, 11) is 2.18. The van der Waals surface area contributed by atoms with Crippen LogP contribution in [0.2, 0.25) is 0 Å². The largest absolute Gasteiger partial charge is 0.354 e. The average Bonchev–Trinajstić information content (AvgIpc) is 2.79. The molecule has 6 heteroatoms. The number of likely N-dealkylation sites (tertiary alicyclic amines) is 1. The first kappa shape index (κ1) is 19.7. The van der Waals surface area contributed by atoms with E-state index in [0.717, 1.165) is 62.3 Å². The molecule has 0 aliphatic carbocycles. The van der Waals surface area contributed by atoms with Crippen LogP contribution < -0.4 is 10.2 Å². The van der Waals surface area contributed by atoms with Crippen LogP contribution in [-0.2, 0) is 6.54 Å². The van der Waals surface area contributed by atoms with Gasteiger partial charge in [0.1, 0.15) is 5.82 Å². The summed E-state index contributed by atoms with van der Waals surface area (Å²) in [6.07, 6.45) is 5.76. The summed E-state index contributed by atoms with van der Waals surface area (Å²) in [5.74, 6) is 2.04. The molecule has 0 saturated carbocycles. The number of hydrogen-bond acceptors (Lipinski definition) is 4. The molecule has 3 heterocycles. The van der Waals surface area contributed by atoms with Crippen LogP contribution in [0.3, 0.4) is 0 Å². The van der Waals surface area contributed by atoms with Gasteiger partial charge >= 0.3 is 0 Å². The van der Waals surface area contributed by atoms with Crippen LogP contribution in [0.5, 0.6) is 0 Å². The van der Waals surface area contributed by atoms with Gasteiger partial charge in [-0.1, -0.05) is 24.3 Å². The van der Waals surface area contributed by atoms with E-state index in [4.69, 9.17) is 9.98 Å². The fourth-order valence-corrected chi connectivity index (χ4v) is 3.87. The minimum atomic E-state index is 0.641. The molecule has 0 unspecified atom stereocenters. The lowest BCUT2D eigenvalue weighted by molar-refractivity contribution is 0.312. The van der Waals surface area contributed by atoms with Crippen LogP contribution in [0, 0.1) is 0 Å². The highest BCUT2D eigenvalue weighted by Gasteiger charge is 2.16. The molecule has 2 aliphatic rings. The van der Waals surface area contributed by atoms with Crippen molar-refractivity contribution in [1.82, 2.24) is 14.8 Å². The van der Waals surface area contributed by atoms with Gasteiger partial charge in [0.15, 0.2) is 5.96 Å². The molecule has 2 aromatic rings. The van der Waals surface area contributed by atoms with Crippen molar-refractivity contribution in [1.29, 1.82) is 0 Å². The molecule has 154 valence electrons. The highest BCUT2D eigenvalue weighted by atomic mass is 15.3. The molecule has 0 amide bonds. The molecule has 2 saturated heterocycles. The molecular formula is C23H32N6. The smallest absolute Gasteiger partial charge is 0.198 e. The van der Waals surface area contributed by atoms with Crippen LogP contribution in [0.25, 0.3) is 0 Å². The van der Waals surface area contributed by atoms with Crippen LogP contribution in [0.4, 0.5) is 11.5 Å². The van der Waals surface area contributed by atoms with Gasteiger partial charge in [-0.2, -0.15) is 0 Å². The van der Waals surface area contributed by atoms with Crippen molar-refractivity contribution in [2.45, 2.75) is 25.8 Å². The number of likely N-dealkylation sites (N-methyl/N-ethyl adjacent to an activating group) is 1. The summed E-state index contributed by atoms with van der Waals surface area (Å²) in [6.45, 7) is 7.05. The third-order valence-electron chi connectivity index (χ3n) is 5.73. The SMILES string of the molecule is CN1CCN(c2ccc(CN=C(Nc3ccccc3)N3CCCCC3)cn2)CC1. The number of anilines is 2. The highest BCUT2D eigenvalue weighted by molar-refractivity contribution is 5.93. The molecule has 0 radical (unpaired) electrons. The minimum Gasteiger partial charge on any atom is -0.354 e. The van der Waals surface area contributed by atoms with Gasteiger partial charge in [0.25, 0.3) is 0 Å². The number of nitrogens with one attached hydrogen (secondary N) is 1. The van der Waals surface area contributed by atoms with Crippen molar-refractivity contribution < 1.29 is 0 Å². The van der Waals surface area contributed by atoms with E-state index in [-0.39, 0.29) is 0 Å². The molecule has 1 aromatic heterocycles. The molecule has 0 atom stereocenters. The van der Waals surface area contributed by atoms with Gasteiger partial charge in [0.05, 0.1) is 6.54 Å². The van der Waals surface area contributed by atoms with E-state index in [1.54, 1.807) is 0 Å². The standard InChI is InChI=1S/C23H32N6/c1-27-14-16-28(17-15-27)22-11-10-20(18-24-22)19-25-23(29-12-6-3-7-13-29)26-21-8-4-2-5-9-21/h2,4-5,8-11,18H,3,6-7,12-17,19H2,1H3,(H,25,26). The maximum atomic E-state index is 4.94. The summed E-state index contributed by atoms with van der Waals surface area (Å²) in [5, 5.41) is 3.53. The number of hydrogen-bond donors (Lipinski definition) is 1. The molecule has 4 rings (SSSR count). The van der Waals surface area contributed by atoms with E-state index in [2.05, 4.69) is 63.5 Å². The monoisotopic (exact) mass is 392 g/mol. The Kier molecular flexibility index (Phi) is 6.62. The van der Waals surface area contributed by atoms with E-state index in [1.807, 2.05) is 12.3 Å². The van der Waals surface area contributed by atoms with Crippen molar-refractivity contribution in [3.8, 4) is 0 Å². The molecule has 0 bridgehead atoms. The summed E-state index contributed by atoms with van der Waals surface area (Å²) in [5.41, 5.74) is 2.23. The van der Waals surface area contributed by atoms with Gasteiger partial charge in [-0.05, 0) is 50.1 Å². The van der Waals surface area contributed by atoms with E-state index >= 15 is 0 Å². The zero-order valence-corrected chi connectivity index (χ0v) is 17.4. The van der Waals surface area contributed by atoms with Crippen LogP contribution in [-0.4, -0.2) is 67.1 Å². The molecule has 2 aliphatic heterocycles. The topological polar surface area (TPSA) is 47.0 Å². The Labute approximate surface area is 174 Å². The molecule has 1 aromatic carbocycles. The lowest BCUT2D eigenvalue weighted by Gasteiger charge is -2.33. The number of piperazine rings is 1. The number of piperidine rings is 1. The van der Waals surface area contributed by atoms with Crippen LogP contribution >= 0.6 is 0 Å². The number of para-hydroxylation sites is 1. The third kappa shape index (κ3) is 5.48. The number of aromatic nitrogens is 1. The maximum absolute atomic E-state index is 4.94. The number of aliphatic imine (C=N–C) groups is 1. The predicted octanol–water partition coefficient (Wildman–Crippen LogP) is 3.29. The fourth-order valence-electron chi connectivity index (χ4n) is 3.87.